The molecular formula is C20H24N2O2. The lowest BCUT2D eigenvalue weighted by Crippen LogP contribution is -2.40. The van der Waals surface area contributed by atoms with E-state index in [0.29, 0.717) is 23.8 Å². The third-order valence-corrected chi connectivity index (χ3v) is 4.83. The van der Waals surface area contributed by atoms with Crippen LogP contribution >= 0.6 is 0 Å². The zero-order valence-corrected chi connectivity index (χ0v) is 14.0. The van der Waals surface area contributed by atoms with E-state index < -0.39 is 0 Å². The number of hydrogen-bond acceptors (Lipinski definition) is 3. The van der Waals surface area contributed by atoms with Crippen LogP contribution in [0.25, 0.3) is 11.1 Å². The van der Waals surface area contributed by atoms with Gasteiger partial charge in [0.1, 0.15) is 5.75 Å². The minimum absolute atomic E-state index is 0.0863. The number of methoxy groups -OCH3 is 1. The molecule has 1 saturated carbocycles. The van der Waals surface area contributed by atoms with Crippen molar-refractivity contribution in [2.45, 2.75) is 25.3 Å². The van der Waals surface area contributed by atoms with Gasteiger partial charge in [0.2, 0.25) is 0 Å². The topological polar surface area (TPSA) is 64.3 Å². The highest BCUT2D eigenvalue weighted by atomic mass is 16.5. The summed E-state index contributed by atoms with van der Waals surface area (Å²) in [6, 6.07) is 15.9. The van der Waals surface area contributed by atoms with Gasteiger partial charge >= 0.3 is 0 Å². The van der Waals surface area contributed by atoms with Crippen molar-refractivity contribution in [3.05, 3.63) is 54.1 Å². The Balaban J connectivity index is 1.81. The molecule has 0 aromatic heterocycles. The van der Waals surface area contributed by atoms with Gasteiger partial charge in [-0.25, -0.2) is 0 Å². The van der Waals surface area contributed by atoms with E-state index in [2.05, 4.69) is 5.32 Å². The van der Waals surface area contributed by atoms with E-state index in [1.165, 1.54) is 0 Å². The number of benzene rings is 2. The third-order valence-electron chi connectivity index (χ3n) is 4.83. The van der Waals surface area contributed by atoms with Crippen LogP contribution in [0.4, 0.5) is 0 Å². The van der Waals surface area contributed by atoms with E-state index in [-0.39, 0.29) is 11.9 Å². The lowest BCUT2D eigenvalue weighted by atomic mass is 10.0. The van der Waals surface area contributed by atoms with Gasteiger partial charge in [0.15, 0.2) is 0 Å². The summed E-state index contributed by atoms with van der Waals surface area (Å²) in [5.74, 6) is 0.886. The summed E-state index contributed by atoms with van der Waals surface area (Å²) in [5.41, 5.74) is 8.50. The number of carbonyl (C=O) groups is 1. The largest absolute Gasteiger partial charge is 0.496 e. The number of nitrogens with two attached hydrogens (primary N) is 1. The van der Waals surface area contributed by atoms with Crippen LogP contribution in [-0.4, -0.2) is 25.6 Å². The van der Waals surface area contributed by atoms with Crippen LogP contribution in [0.15, 0.2) is 48.5 Å². The number of ether oxygens (including phenoxy) is 1. The maximum absolute atomic E-state index is 12.7. The molecule has 0 radical (unpaired) electrons. The molecule has 3 N–H and O–H groups in total. The highest BCUT2D eigenvalue weighted by Crippen LogP contribution is 2.29. The number of amides is 1. The monoisotopic (exact) mass is 324 g/mol. The molecule has 0 saturated heterocycles. The van der Waals surface area contributed by atoms with Crippen LogP contribution in [0.1, 0.15) is 29.6 Å². The van der Waals surface area contributed by atoms with Crippen molar-refractivity contribution in [1.82, 2.24) is 5.32 Å². The van der Waals surface area contributed by atoms with Gasteiger partial charge < -0.3 is 15.8 Å². The molecule has 0 heterocycles. The van der Waals surface area contributed by atoms with Crippen molar-refractivity contribution in [2.75, 3.05) is 13.7 Å². The predicted octanol–water partition coefficient (Wildman–Crippen LogP) is 3.22. The van der Waals surface area contributed by atoms with E-state index in [1.807, 2.05) is 48.5 Å². The lowest BCUT2D eigenvalue weighted by molar-refractivity contribution is 0.0926. The Hall–Kier alpha value is -2.33. The second kappa shape index (κ2) is 7.49. The SMILES string of the molecule is COc1cc(-c2ccccc2)ccc1C(=O)NC1CCCC1CN. The maximum atomic E-state index is 12.7. The van der Waals surface area contributed by atoms with Gasteiger partial charge in [-0.3, -0.25) is 4.79 Å². The third kappa shape index (κ3) is 3.44. The Labute approximate surface area is 143 Å². The van der Waals surface area contributed by atoms with Crippen LogP contribution in [0.5, 0.6) is 5.75 Å². The maximum Gasteiger partial charge on any atom is 0.255 e. The number of rotatable bonds is 5. The van der Waals surface area contributed by atoms with Crippen molar-refractivity contribution in [1.29, 1.82) is 0 Å². The van der Waals surface area contributed by atoms with E-state index in [9.17, 15) is 4.79 Å². The molecule has 0 bridgehead atoms. The van der Waals surface area contributed by atoms with Crippen LogP contribution in [-0.2, 0) is 0 Å². The zero-order chi connectivity index (χ0) is 16.9. The summed E-state index contributed by atoms with van der Waals surface area (Å²) in [5, 5.41) is 3.13. The highest BCUT2D eigenvalue weighted by molar-refractivity contribution is 5.97. The second-order valence-corrected chi connectivity index (χ2v) is 6.29. The first-order valence-electron chi connectivity index (χ1n) is 8.47. The Morgan fingerprint density at radius 3 is 2.67 bits per heavy atom. The van der Waals surface area contributed by atoms with Gasteiger partial charge in [0.25, 0.3) is 5.91 Å². The van der Waals surface area contributed by atoms with Crippen LogP contribution < -0.4 is 15.8 Å². The molecule has 24 heavy (non-hydrogen) atoms. The average molecular weight is 324 g/mol. The molecule has 1 amide bonds. The first-order chi connectivity index (χ1) is 11.7. The number of nitrogens with one attached hydrogen (secondary N) is 1. The van der Waals surface area contributed by atoms with Crippen molar-refractivity contribution in [2.24, 2.45) is 11.7 Å². The van der Waals surface area contributed by atoms with E-state index in [1.54, 1.807) is 7.11 Å². The van der Waals surface area contributed by atoms with Crippen LogP contribution in [0, 0.1) is 5.92 Å². The van der Waals surface area contributed by atoms with E-state index >= 15 is 0 Å². The molecule has 0 aliphatic heterocycles. The molecule has 2 aromatic rings. The van der Waals surface area contributed by atoms with Crippen molar-refractivity contribution in [3.63, 3.8) is 0 Å². The first kappa shape index (κ1) is 16.5. The smallest absolute Gasteiger partial charge is 0.255 e. The van der Waals surface area contributed by atoms with Gasteiger partial charge in [0, 0.05) is 6.04 Å². The molecule has 3 rings (SSSR count). The standard InChI is InChI=1S/C20H24N2O2/c1-24-19-12-15(14-6-3-2-4-7-14)10-11-17(19)20(23)22-18-9-5-8-16(18)13-21/h2-4,6-7,10-12,16,18H,5,8-9,13,21H2,1H3,(H,22,23). The molecule has 2 unspecified atom stereocenters. The molecule has 1 aliphatic rings. The zero-order valence-electron chi connectivity index (χ0n) is 14.0. The predicted molar refractivity (Wildman–Crippen MR) is 96.1 cm³/mol. The summed E-state index contributed by atoms with van der Waals surface area (Å²) < 4.78 is 5.46. The van der Waals surface area contributed by atoms with Gasteiger partial charge in [0.05, 0.1) is 12.7 Å². The highest BCUT2D eigenvalue weighted by Gasteiger charge is 2.28. The normalized spacial score (nSPS) is 19.9. The Morgan fingerprint density at radius 1 is 1.17 bits per heavy atom. The van der Waals surface area contributed by atoms with Crippen LogP contribution in [0.3, 0.4) is 0 Å². The second-order valence-electron chi connectivity index (χ2n) is 6.29. The average Bonchev–Trinajstić information content (AvgIpc) is 3.09. The Morgan fingerprint density at radius 2 is 1.96 bits per heavy atom. The molecule has 0 spiro atoms. The molecule has 1 aliphatic carbocycles. The molecule has 1 fully saturated rings. The molecule has 126 valence electrons. The lowest BCUT2D eigenvalue weighted by Gasteiger charge is -2.20. The molecule has 2 atom stereocenters. The fourth-order valence-electron chi connectivity index (χ4n) is 3.44. The van der Waals surface area contributed by atoms with E-state index in [0.717, 1.165) is 30.4 Å². The number of hydrogen-bond donors (Lipinski definition) is 2. The Kier molecular flexibility index (Phi) is 5.16. The molecule has 4 nitrogen and oxygen atoms in total. The van der Waals surface area contributed by atoms with Gasteiger partial charge in [-0.1, -0.05) is 42.8 Å². The molecule has 4 heteroatoms. The summed E-state index contributed by atoms with van der Waals surface area (Å²) in [7, 11) is 1.60. The van der Waals surface area contributed by atoms with Crippen LogP contribution in [0.2, 0.25) is 0 Å². The molecular weight excluding hydrogens is 300 g/mol. The number of carbonyl (C=O) groups excluding carboxylic acids is 1. The van der Waals surface area contributed by atoms with Crippen molar-refractivity contribution >= 4 is 5.91 Å². The molecule has 2 aromatic carbocycles. The van der Waals surface area contributed by atoms with Crippen molar-refractivity contribution < 1.29 is 9.53 Å². The first-order valence-corrected chi connectivity index (χ1v) is 8.47. The minimum Gasteiger partial charge on any atom is -0.496 e. The van der Waals surface area contributed by atoms with Gasteiger partial charge in [-0.15, -0.1) is 0 Å². The van der Waals surface area contributed by atoms with Crippen molar-refractivity contribution in [3.8, 4) is 16.9 Å². The summed E-state index contributed by atoms with van der Waals surface area (Å²) in [6.07, 6.45) is 3.21. The van der Waals surface area contributed by atoms with Gasteiger partial charge in [-0.05, 0) is 48.6 Å². The Bertz CT molecular complexity index is 700. The fraction of sp³-hybridized carbons (Fsp3) is 0.350. The fourth-order valence-corrected chi connectivity index (χ4v) is 3.44. The van der Waals surface area contributed by atoms with Gasteiger partial charge in [-0.2, -0.15) is 0 Å². The summed E-state index contributed by atoms with van der Waals surface area (Å²) >= 11 is 0. The minimum atomic E-state index is -0.0863. The van der Waals surface area contributed by atoms with E-state index in [4.69, 9.17) is 10.5 Å². The quantitative estimate of drug-likeness (QED) is 0.887. The summed E-state index contributed by atoms with van der Waals surface area (Å²) in [6.45, 7) is 0.620. The summed E-state index contributed by atoms with van der Waals surface area (Å²) in [4.78, 5) is 12.7.